The summed E-state index contributed by atoms with van der Waals surface area (Å²) in [5.74, 6) is 0.394. The number of anilines is 2. The zero-order valence-electron chi connectivity index (χ0n) is 22.5. The highest BCUT2D eigenvalue weighted by Gasteiger charge is 2.42. The summed E-state index contributed by atoms with van der Waals surface area (Å²) >= 11 is 5.90. The topological polar surface area (TPSA) is 88.5 Å². The van der Waals surface area contributed by atoms with Crippen LogP contribution in [0.25, 0.3) is 5.69 Å². The van der Waals surface area contributed by atoms with Crippen LogP contribution in [-0.4, -0.2) is 36.4 Å². The van der Waals surface area contributed by atoms with Gasteiger partial charge in [-0.3, -0.25) is 9.71 Å². The molecular formula is C29H31N5O3S2. The molecular weight excluding hydrogens is 530 g/mol. The van der Waals surface area contributed by atoms with Crippen molar-refractivity contribution in [2.24, 2.45) is 0 Å². The van der Waals surface area contributed by atoms with E-state index in [0.717, 1.165) is 40.3 Å². The quantitative estimate of drug-likeness (QED) is 0.294. The fourth-order valence-electron chi connectivity index (χ4n) is 5.31. The lowest BCUT2D eigenvalue weighted by Crippen LogP contribution is -2.29. The average Bonchev–Trinajstić information content (AvgIpc) is 3.38. The smallest absolute Gasteiger partial charge is 0.229 e. The molecule has 1 aliphatic rings. The number of nitrogens with zero attached hydrogens (tertiary/aromatic N) is 3. The van der Waals surface area contributed by atoms with Crippen LogP contribution in [-0.2, 0) is 10.0 Å². The van der Waals surface area contributed by atoms with Gasteiger partial charge in [0.25, 0.3) is 0 Å². The van der Waals surface area contributed by atoms with Gasteiger partial charge in [0.05, 0.1) is 36.8 Å². The van der Waals surface area contributed by atoms with Crippen LogP contribution in [0.15, 0.2) is 72.9 Å². The normalized spacial score (nSPS) is 17.3. The zero-order chi connectivity index (χ0) is 27.9. The molecule has 2 aromatic heterocycles. The molecule has 0 saturated carbocycles. The molecule has 1 saturated heterocycles. The number of methoxy groups -OCH3 is 1. The molecule has 202 valence electrons. The van der Waals surface area contributed by atoms with Crippen molar-refractivity contribution in [1.82, 2.24) is 14.9 Å². The van der Waals surface area contributed by atoms with Gasteiger partial charge in [0.15, 0.2) is 5.11 Å². The number of aromatic nitrogens is 2. The number of rotatable bonds is 7. The van der Waals surface area contributed by atoms with E-state index in [-0.39, 0.29) is 12.1 Å². The highest BCUT2D eigenvalue weighted by Crippen LogP contribution is 2.45. The van der Waals surface area contributed by atoms with E-state index in [1.165, 1.54) is 12.7 Å². The number of sulfonamides is 1. The molecule has 39 heavy (non-hydrogen) atoms. The van der Waals surface area contributed by atoms with E-state index in [4.69, 9.17) is 17.0 Å². The molecule has 0 aliphatic carbocycles. The van der Waals surface area contributed by atoms with Gasteiger partial charge in [-0.05, 0) is 86.6 Å². The van der Waals surface area contributed by atoms with Crippen molar-refractivity contribution < 1.29 is 13.2 Å². The van der Waals surface area contributed by atoms with Crippen molar-refractivity contribution in [1.29, 1.82) is 0 Å². The fraction of sp³-hybridized carbons (Fsp3) is 0.241. The SMILES string of the molecule is COc1cc(N2C(=S)NC(c3ccccn3)C2c2cc(C)n(-c3cccc(C)c3)c2C)ccc1NS(C)(=O)=O. The van der Waals surface area contributed by atoms with E-state index in [2.05, 4.69) is 75.6 Å². The summed E-state index contributed by atoms with van der Waals surface area (Å²) in [6.07, 6.45) is 2.89. The first kappa shape index (κ1) is 26.7. The Balaban J connectivity index is 1.67. The minimum absolute atomic E-state index is 0.218. The largest absolute Gasteiger partial charge is 0.494 e. The molecule has 0 spiro atoms. The number of hydrogen-bond donors (Lipinski definition) is 2. The Morgan fingerprint density at radius 3 is 2.46 bits per heavy atom. The van der Waals surface area contributed by atoms with E-state index in [0.29, 0.717) is 16.5 Å². The Kier molecular flexibility index (Phi) is 7.09. The van der Waals surface area contributed by atoms with Gasteiger partial charge in [-0.2, -0.15) is 0 Å². The van der Waals surface area contributed by atoms with Crippen LogP contribution in [0.1, 0.15) is 40.3 Å². The lowest BCUT2D eigenvalue weighted by atomic mass is 9.96. The molecule has 10 heteroatoms. The minimum Gasteiger partial charge on any atom is -0.494 e. The minimum atomic E-state index is -3.48. The lowest BCUT2D eigenvalue weighted by molar-refractivity contribution is 0.417. The van der Waals surface area contributed by atoms with Crippen molar-refractivity contribution in [3.8, 4) is 11.4 Å². The summed E-state index contributed by atoms with van der Waals surface area (Å²) in [4.78, 5) is 6.72. The summed E-state index contributed by atoms with van der Waals surface area (Å²) in [5, 5.41) is 4.04. The first-order chi connectivity index (χ1) is 18.6. The van der Waals surface area contributed by atoms with Gasteiger partial charge in [0.1, 0.15) is 5.75 Å². The van der Waals surface area contributed by atoms with Gasteiger partial charge in [0, 0.05) is 35.0 Å². The van der Waals surface area contributed by atoms with Gasteiger partial charge in [-0.25, -0.2) is 8.42 Å². The second-order valence-electron chi connectivity index (χ2n) is 9.76. The van der Waals surface area contributed by atoms with Crippen LogP contribution >= 0.6 is 12.2 Å². The highest BCUT2D eigenvalue weighted by molar-refractivity contribution is 7.92. The van der Waals surface area contributed by atoms with Crippen molar-refractivity contribution in [2.75, 3.05) is 23.0 Å². The van der Waals surface area contributed by atoms with Gasteiger partial charge in [0.2, 0.25) is 10.0 Å². The highest BCUT2D eigenvalue weighted by atomic mass is 32.2. The number of thiocarbonyl (C=S) groups is 1. The molecule has 4 aromatic rings. The van der Waals surface area contributed by atoms with E-state index < -0.39 is 10.0 Å². The Morgan fingerprint density at radius 1 is 1.00 bits per heavy atom. The number of hydrogen-bond acceptors (Lipinski definition) is 5. The summed E-state index contributed by atoms with van der Waals surface area (Å²) in [6.45, 7) is 6.32. The molecule has 0 radical (unpaired) electrons. The number of ether oxygens (including phenoxy) is 1. The van der Waals surface area contributed by atoms with Crippen LogP contribution < -0.4 is 19.7 Å². The van der Waals surface area contributed by atoms with Crippen molar-refractivity contribution in [3.63, 3.8) is 0 Å². The van der Waals surface area contributed by atoms with Gasteiger partial charge >= 0.3 is 0 Å². The number of nitrogens with one attached hydrogen (secondary N) is 2. The van der Waals surface area contributed by atoms with E-state index in [1.54, 1.807) is 18.3 Å². The predicted molar refractivity (Wildman–Crippen MR) is 159 cm³/mol. The summed E-state index contributed by atoms with van der Waals surface area (Å²) < 4.78 is 34.1. The summed E-state index contributed by atoms with van der Waals surface area (Å²) in [7, 11) is -1.97. The Morgan fingerprint density at radius 2 is 1.79 bits per heavy atom. The van der Waals surface area contributed by atoms with Crippen LogP contribution in [0.3, 0.4) is 0 Å². The summed E-state index contributed by atoms with van der Waals surface area (Å²) in [6, 6.07) is 21.4. The second kappa shape index (κ2) is 10.3. The Bertz CT molecular complexity index is 1650. The second-order valence-corrected chi connectivity index (χ2v) is 11.9. The standard InChI is InChI=1S/C29H31N5O3S2/c1-18-9-8-10-21(15-18)33-19(2)16-23(20(33)3)28-27(25-11-6-7-14-30-25)31-29(38)34(28)22-12-13-24(26(17-22)37-4)32-39(5,35)36/h6-17,27-28,32H,1-5H3,(H,31,38). The Labute approximate surface area is 234 Å². The molecule has 1 fully saturated rings. The monoisotopic (exact) mass is 561 g/mol. The van der Waals surface area contributed by atoms with Crippen LogP contribution in [0.5, 0.6) is 5.75 Å². The maximum atomic E-state index is 11.9. The number of aryl methyl sites for hydroxylation is 2. The number of benzene rings is 2. The molecule has 2 aromatic carbocycles. The average molecular weight is 562 g/mol. The zero-order valence-corrected chi connectivity index (χ0v) is 24.1. The van der Waals surface area contributed by atoms with Crippen molar-refractivity contribution in [2.45, 2.75) is 32.9 Å². The molecule has 2 N–H and O–H groups in total. The maximum absolute atomic E-state index is 11.9. The molecule has 2 unspecified atom stereocenters. The van der Waals surface area contributed by atoms with Crippen LogP contribution in [0.4, 0.5) is 11.4 Å². The van der Waals surface area contributed by atoms with Crippen molar-refractivity contribution >= 4 is 38.7 Å². The van der Waals surface area contributed by atoms with Gasteiger partial charge < -0.3 is 19.5 Å². The first-order valence-electron chi connectivity index (χ1n) is 12.5. The third-order valence-electron chi connectivity index (χ3n) is 6.91. The molecule has 3 heterocycles. The summed E-state index contributed by atoms with van der Waals surface area (Å²) in [5.41, 5.74) is 7.60. The first-order valence-corrected chi connectivity index (χ1v) is 14.8. The van der Waals surface area contributed by atoms with Crippen LogP contribution in [0.2, 0.25) is 0 Å². The predicted octanol–water partition coefficient (Wildman–Crippen LogP) is 5.35. The molecule has 2 atom stereocenters. The molecule has 1 aliphatic heterocycles. The third kappa shape index (κ3) is 5.22. The molecule has 0 bridgehead atoms. The van der Waals surface area contributed by atoms with Gasteiger partial charge in [-0.15, -0.1) is 0 Å². The molecule has 5 rings (SSSR count). The van der Waals surface area contributed by atoms with Crippen molar-refractivity contribution in [3.05, 3.63) is 101 Å². The maximum Gasteiger partial charge on any atom is 0.229 e. The molecule has 8 nitrogen and oxygen atoms in total. The van der Waals surface area contributed by atoms with Crippen LogP contribution in [0, 0.1) is 20.8 Å². The van der Waals surface area contributed by atoms with Gasteiger partial charge in [-0.1, -0.05) is 18.2 Å². The molecule has 0 amide bonds. The van der Waals surface area contributed by atoms with E-state index in [9.17, 15) is 8.42 Å². The van der Waals surface area contributed by atoms with E-state index >= 15 is 0 Å². The lowest BCUT2D eigenvalue weighted by Gasteiger charge is -2.29. The number of pyridine rings is 1. The fourth-order valence-corrected chi connectivity index (χ4v) is 6.23. The Hall–Kier alpha value is -3.89. The third-order valence-corrected chi connectivity index (χ3v) is 7.81. The van der Waals surface area contributed by atoms with E-state index in [1.807, 2.05) is 24.3 Å².